The Morgan fingerprint density at radius 3 is 2.47 bits per heavy atom. The molecule has 15 heavy (non-hydrogen) atoms. The predicted molar refractivity (Wildman–Crippen MR) is 62.4 cm³/mol. The van der Waals surface area contributed by atoms with Crippen LogP contribution in [0.3, 0.4) is 0 Å². The Morgan fingerprint density at radius 1 is 1.27 bits per heavy atom. The average molecular weight is 205 g/mol. The molecule has 0 heterocycles. The van der Waals surface area contributed by atoms with Crippen molar-refractivity contribution in [2.24, 2.45) is 5.73 Å². The van der Waals surface area contributed by atoms with Crippen LogP contribution in [0.5, 0.6) is 5.75 Å². The van der Waals surface area contributed by atoms with Gasteiger partial charge in [-0.2, -0.15) is 0 Å². The van der Waals surface area contributed by atoms with E-state index in [0.717, 1.165) is 12.2 Å². The van der Waals surface area contributed by atoms with Gasteiger partial charge in [0.15, 0.2) is 0 Å². The average Bonchev–Trinajstić information content (AvgIpc) is 2.19. The van der Waals surface area contributed by atoms with Gasteiger partial charge in [-0.3, -0.25) is 0 Å². The van der Waals surface area contributed by atoms with Crippen LogP contribution in [0.1, 0.15) is 35.4 Å². The van der Waals surface area contributed by atoms with Gasteiger partial charge in [-0.05, 0) is 43.9 Å². The fourth-order valence-corrected chi connectivity index (χ4v) is 2.47. The van der Waals surface area contributed by atoms with Crippen LogP contribution in [0.4, 0.5) is 0 Å². The first-order valence-corrected chi connectivity index (χ1v) is 5.54. The lowest BCUT2D eigenvalue weighted by atomic mass is 9.73. The SMILES string of the molecule is COc1cc(C)cc(C)c1C1CCC1N. The van der Waals surface area contributed by atoms with Crippen molar-refractivity contribution >= 4 is 0 Å². The molecule has 0 amide bonds. The lowest BCUT2D eigenvalue weighted by Gasteiger charge is -2.36. The second-order valence-corrected chi connectivity index (χ2v) is 4.55. The van der Waals surface area contributed by atoms with Gasteiger partial charge in [0.1, 0.15) is 5.75 Å². The number of benzene rings is 1. The van der Waals surface area contributed by atoms with Crippen molar-refractivity contribution in [2.75, 3.05) is 7.11 Å². The van der Waals surface area contributed by atoms with Crippen molar-refractivity contribution in [1.82, 2.24) is 0 Å². The van der Waals surface area contributed by atoms with E-state index in [-0.39, 0.29) is 0 Å². The molecule has 0 radical (unpaired) electrons. The first kappa shape index (κ1) is 10.5. The van der Waals surface area contributed by atoms with Gasteiger partial charge in [-0.1, -0.05) is 6.07 Å². The first-order chi connectivity index (χ1) is 7.13. The molecule has 82 valence electrons. The van der Waals surface area contributed by atoms with Gasteiger partial charge in [-0.15, -0.1) is 0 Å². The predicted octanol–water partition coefficient (Wildman–Crippen LogP) is 2.52. The van der Waals surface area contributed by atoms with Crippen LogP contribution in [0.15, 0.2) is 12.1 Å². The molecule has 0 spiro atoms. The van der Waals surface area contributed by atoms with Gasteiger partial charge in [0.25, 0.3) is 0 Å². The van der Waals surface area contributed by atoms with Crippen molar-refractivity contribution < 1.29 is 4.74 Å². The third-order valence-electron chi connectivity index (χ3n) is 3.41. The summed E-state index contributed by atoms with van der Waals surface area (Å²) in [7, 11) is 1.74. The molecule has 1 aliphatic carbocycles. The lowest BCUT2D eigenvalue weighted by molar-refractivity contribution is 0.327. The molecule has 1 aromatic carbocycles. The van der Waals surface area contributed by atoms with Crippen LogP contribution in [0.2, 0.25) is 0 Å². The van der Waals surface area contributed by atoms with Gasteiger partial charge in [-0.25, -0.2) is 0 Å². The van der Waals surface area contributed by atoms with Crippen LogP contribution >= 0.6 is 0 Å². The quantitative estimate of drug-likeness (QED) is 0.805. The molecular weight excluding hydrogens is 186 g/mol. The molecule has 0 aromatic heterocycles. The van der Waals surface area contributed by atoms with Crippen molar-refractivity contribution in [3.8, 4) is 5.75 Å². The normalized spacial score (nSPS) is 24.8. The highest BCUT2D eigenvalue weighted by molar-refractivity contribution is 5.46. The molecule has 1 saturated carbocycles. The summed E-state index contributed by atoms with van der Waals surface area (Å²) >= 11 is 0. The molecule has 0 saturated heterocycles. The van der Waals surface area contributed by atoms with Crippen molar-refractivity contribution in [3.63, 3.8) is 0 Å². The van der Waals surface area contributed by atoms with Crippen LogP contribution in [0, 0.1) is 13.8 Å². The third-order valence-corrected chi connectivity index (χ3v) is 3.41. The van der Waals surface area contributed by atoms with Gasteiger partial charge in [0.2, 0.25) is 0 Å². The standard InChI is InChI=1S/C13H19NO/c1-8-6-9(2)13(12(7-8)15-3)10-4-5-11(10)14/h6-7,10-11H,4-5,14H2,1-3H3. The molecule has 2 unspecified atom stereocenters. The van der Waals surface area contributed by atoms with E-state index in [4.69, 9.17) is 10.5 Å². The summed E-state index contributed by atoms with van der Waals surface area (Å²) in [6.07, 6.45) is 2.34. The highest BCUT2D eigenvalue weighted by Gasteiger charge is 2.32. The van der Waals surface area contributed by atoms with Crippen LogP contribution < -0.4 is 10.5 Å². The van der Waals surface area contributed by atoms with E-state index in [1.54, 1.807) is 7.11 Å². The molecule has 0 aliphatic heterocycles. The van der Waals surface area contributed by atoms with E-state index < -0.39 is 0 Å². The molecule has 2 atom stereocenters. The molecule has 2 nitrogen and oxygen atoms in total. The molecule has 2 N–H and O–H groups in total. The third kappa shape index (κ3) is 1.74. The minimum absolute atomic E-state index is 0.320. The van der Waals surface area contributed by atoms with Gasteiger partial charge >= 0.3 is 0 Å². The van der Waals surface area contributed by atoms with Gasteiger partial charge in [0, 0.05) is 17.5 Å². The Bertz CT molecular complexity index is 373. The largest absolute Gasteiger partial charge is 0.496 e. The lowest BCUT2D eigenvalue weighted by Crippen LogP contribution is -2.37. The molecule has 0 bridgehead atoms. The number of methoxy groups -OCH3 is 1. The summed E-state index contributed by atoms with van der Waals surface area (Å²) in [5, 5.41) is 0. The number of rotatable bonds is 2. The number of nitrogens with two attached hydrogens (primary N) is 1. The van der Waals surface area contributed by atoms with Crippen LogP contribution in [-0.4, -0.2) is 13.2 Å². The van der Waals surface area contributed by atoms with Crippen molar-refractivity contribution in [1.29, 1.82) is 0 Å². The minimum atomic E-state index is 0.320. The highest BCUT2D eigenvalue weighted by atomic mass is 16.5. The Balaban J connectivity index is 2.44. The Hall–Kier alpha value is -1.02. The summed E-state index contributed by atoms with van der Waals surface area (Å²) in [6, 6.07) is 4.64. The Morgan fingerprint density at radius 2 is 2.00 bits per heavy atom. The van der Waals surface area contributed by atoms with Crippen LogP contribution in [0.25, 0.3) is 0 Å². The highest BCUT2D eigenvalue weighted by Crippen LogP contribution is 2.42. The fourth-order valence-electron chi connectivity index (χ4n) is 2.47. The van der Waals surface area contributed by atoms with E-state index in [1.807, 2.05) is 0 Å². The molecule has 1 aliphatic rings. The zero-order valence-corrected chi connectivity index (χ0v) is 9.71. The van der Waals surface area contributed by atoms with Crippen molar-refractivity contribution in [2.45, 2.75) is 38.6 Å². The van der Waals surface area contributed by atoms with Crippen molar-refractivity contribution in [3.05, 3.63) is 28.8 Å². The maximum absolute atomic E-state index is 6.03. The number of hydrogen-bond donors (Lipinski definition) is 1. The number of ether oxygens (including phenoxy) is 1. The maximum atomic E-state index is 6.03. The summed E-state index contributed by atoms with van der Waals surface area (Å²) in [6.45, 7) is 4.25. The molecule has 2 heteroatoms. The Labute approximate surface area is 91.4 Å². The number of aryl methyl sites for hydroxylation is 2. The summed E-state index contributed by atoms with van der Waals surface area (Å²) < 4.78 is 5.46. The van der Waals surface area contributed by atoms with Gasteiger partial charge in [0.05, 0.1) is 7.11 Å². The smallest absolute Gasteiger partial charge is 0.122 e. The molecule has 1 aromatic rings. The number of hydrogen-bond acceptors (Lipinski definition) is 2. The second-order valence-electron chi connectivity index (χ2n) is 4.55. The van der Waals surface area contributed by atoms with E-state index in [1.165, 1.54) is 23.1 Å². The molecular formula is C13H19NO. The minimum Gasteiger partial charge on any atom is -0.496 e. The van der Waals surface area contributed by atoms with Crippen LogP contribution in [-0.2, 0) is 0 Å². The first-order valence-electron chi connectivity index (χ1n) is 5.54. The second kappa shape index (κ2) is 3.86. The van der Waals surface area contributed by atoms with E-state index in [9.17, 15) is 0 Å². The van der Waals surface area contributed by atoms with E-state index in [0.29, 0.717) is 12.0 Å². The maximum Gasteiger partial charge on any atom is 0.122 e. The Kier molecular flexibility index (Phi) is 2.70. The fraction of sp³-hybridized carbons (Fsp3) is 0.538. The zero-order chi connectivity index (χ0) is 11.0. The summed E-state index contributed by atoms with van der Waals surface area (Å²) in [4.78, 5) is 0. The summed E-state index contributed by atoms with van der Waals surface area (Å²) in [5.41, 5.74) is 9.91. The zero-order valence-electron chi connectivity index (χ0n) is 9.71. The van der Waals surface area contributed by atoms with E-state index >= 15 is 0 Å². The molecule has 2 rings (SSSR count). The van der Waals surface area contributed by atoms with Gasteiger partial charge < -0.3 is 10.5 Å². The monoisotopic (exact) mass is 205 g/mol. The van der Waals surface area contributed by atoms with E-state index in [2.05, 4.69) is 26.0 Å². The topological polar surface area (TPSA) is 35.2 Å². The molecule has 1 fully saturated rings. The summed E-state index contributed by atoms with van der Waals surface area (Å²) in [5.74, 6) is 1.51.